The number of hydrogen-bond acceptors (Lipinski definition) is 4. The molecular formula is C27H30N2O4. The lowest BCUT2D eigenvalue weighted by molar-refractivity contribution is -0.148. The third-order valence-corrected chi connectivity index (χ3v) is 7.18. The van der Waals surface area contributed by atoms with E-state index in [4.69, 9.17) is 4.74 Å². The van der Waals surface area contributed by atoms with Gasteiger partial charge in [0.25, 0.3) is 0 Å². The van der Waals surface area contributed by atoms with E-state index in [-0.39, 0.29) is 17.7 Å². The number of carbonyl (C=O) groups excluding carboxylic acids is 3. The fraction of sp³-hybridized carbons (Fsp3) is 0.444. The molecule has 4 atom stereocenters. The van der Waals surface area contributed by atoms with E-state index < -0.39 is 29.9 Å². The predicted octanol–water partition coefficient (Wildman–Crippen LogP) is 3.45. The number of ether oxygens (including phenoxy) is 1. The molecule has 2 aliphatic carbocycles. The third-order valence-electron chi connectivity index (χ3n) is 7.18. The van der Waals surface area contributed by atoms with Crippen molar-refractivity contribution in [2.45, 2.75) is 43.7 Å². The van der Waals surface area contributed by atoms with Crippen LogP contribution in [-0.4, -0.2) is 42.4 Å². The molecule has 2 amide bonds. The summed E-state index contributed by atoms with van der Waals surface area (Å²) in [5, 5.41) is 3.10. The lowest BCUT2D eigenvalue weighted by Gasteiger charge is -2.31. The van der Waals surface area contributed by atoms with Gasteiger partial charge in [-0.2, -0.15) is 0 Å². The number of amides is 2. The van der Waals surface area contributed by atoms with Crippen molar-refractivity contribution >= 4 is 17.8 Å². The van der Waals surface area contributed by atoms with E-state index in [2.05, 4.69) is 5.32 Å². The van der Waals surface area contributed by atoms with E-state index in [1.165, 1.54) is 7.11 Å². The molecule has 2 aromatic carbocycles. The minimum atomic E-state index is -0.770. The predicted molar refractivity (Wildman–Crippen MR) is 123 cm³/mol. The molecule has 1 N–H and O–H groups in total. The molecule has 2 aromatic rings. The van der Waals surface area contributed by atoms with Crippen molar-refractivity contribution in [3.63, 3.8) is 0 Å². The quantitative estimate of drug-likeness (QED) is 0.661. The second-order valence-corrected chi connectivity index (χ2v) is 9.49. The Labute approximate surface area is 194 Å². The Morgan fingerprint density at radius 3 is 2.06 bits per heavy atom. The van der Waals surface area contributed by atoms with Crippen molar-refractivity contribution in [2.24, 2.45) is 17.8 Å². The SMILES string of the molecule is COC(=O)C1C(c2ccccc2)C(C(=O)NCC2CC2)N(C(=O)C2CC2)C1c1ccccc1. The highest BCUT2D eigenvalue weighted by Gasteiger charge is 2.59. The van der Waals surface area contributed by atoms with Gasteiger partial charge in [0.1, 0.15) is 6.04 Å². The maximum absolute atomic E-state index is 13.7. The number of carbonyl (C=O) groups is 3. The van der Waals surface area contributed by atoms with Crippen molar-refractivity contribution in [3.05, 3.63) is 71.8 Å². The van der Waals surface area contributed by atoms with Crippen LogP contribution >= 0.6 is 0 Å². The van der Waals surface area contributed by atoms with Gasteiger partial charge in [-0.1, -0.05) is 60.7 Å². The van der Waals surface area contributed by atoms with Gasteiger partial charge in [-0.3, -0.25) is 14.4 Å². The van der Waals surface area contributed by atoms with Gasteiger partial charge in [0.05, 0.1) is 19.1 Å². The van der Waals surface area contributed by atoms with Crippen LogP contribution in [-0.2, 0) is 19.1 Å². The van der Waals surface area contributed by atoms with E-state index in [0.717, 1.165) is 36.8 Å². The normalized spacial score (nSPS) is 26.6. The van der Waals surface area contributed by atoms with E-state index in [1.54, 1.807) is 4.90 Å². The molecule has 1 aliphatic heterocycles. The average Bonchev–Trinajstić information content (AvgIpc) is 3.78. The Kier molecular flexibility index (Phi) is 5.92. The Hall–Kier alpha value is -3.15. The fourth-order valence-corrected chi connectivity index (χ4v) is 5.18. The number of benzene rings is 2. The second-order valence-electron chi connectivity index (χ2n) is 9.49. The maximum atomic E-state index is 13.7. The van der Waals surface area contributed by atoms with E-state index >= 15 is 0 Å². The molecular weight excluding hydrogens is 416 g/mol. The van der Waals surface area contributed by atoms with Crippen molar-refractivity contribution in [1.29, 1.82) is 0 Å². The third kappa shape index (κ3) is 4.26. The van der Waals surface area contributed by atoms with Crippen LogP contribution in [0.1, 0.15) is 48.8 Å². The summed E-state index contributed by atoms with van der Waals surface area (Å²) in [7, 11) is 1.37. The smallest absolute Gasteiger partial charge is 0.311 e. The summed E-state index contributed by atoms with van der Waals surface area (Å²) in [5.74, 6) is -1.37. The molecule has 1 heterocycles. The fourth-order valence-electron chi connectivity index (χ4n) is 5.18. The Morgan fingerprint density at radius 1 is 0.909 bits per heavy atom. The van der Waals surface area contributed by atoms with Crippen LogP contribution in [0.2, 0.25) is 0 Å². The molecule has 2 saturated carbocycles. The molecule has 3 aliphatic rings. The Bertz CT molecular complexity index is 1020. The molecule has 6 heteroatoms. The molecule has 5 rings (SSSR count). The summed E-state index contributed by atoms with van der Waals surface area (Å²) in [5.41, 5.74) is 1.71. The molecule has 0 aromatic heterocycles. The molecule has 0 spiro atoms. The van der Waals surface area contributed by atoms with Gasteiger partial charge in [0.2, 0.25) is 11.8 Å². The van der Waals surface area contributed by atoms with Crippen LogP contribution in [0.3, 0.4) is 0 Å². The highest BCUT2D eigenvalue weighted by molar-refractivity contribution is 5.93. The molecule has 0 bridgehead atoms. The molecule has 0 radical (unpaired) electrons. The van der Waals surface area contributed by atoms with Gasteiger partial charge in [0, 0.05) is 18.4 Å². The molecule has 6 nitrogen and oxygen atoms in total. The minimum absolute atomic E-state index is 0.0391. The number of likely N-dealkylation sites (tertiary alicyclic amines) is 1. The van der Waals surface area contributed by atoms with Crippen LogP contribution in [0.4, 0.5) is 0 Å². The van der Waals surface area contributed by atoms with E-state index in [1.807, 2.05) is 60.7 Å². The first-order valence-corrected chi connectivity index (χ1v) is 11.9. The summed E-state index contributed by atoms with van der Waals surface area (Å²) < 4.78 is 5.27. The highest BCUT2D eigenvalue weighted by Crippen LogP contribution is 2.52. The Morgan fingerprint density at radius 2 is 1.52 bits per heavy atom. The molecule has 172 valence electrons. The number of methoxy groups -OCH3 is 1. The number of rotatable bonds is 7. The van der Waals surface area contributed by atoms with Crippen molar-refractivity contribution in [2.75, 3.05) is 13.7 Å². The van der Waals surface area contributed by atoms with Crippen molar-refractivity contribution in [3.8, 4) is 0 Å². The molecule has 4 unspecified atom stereocenters. The lowest BCUT2D eigenvalue weighted by Crippen LogP contribution is -2.49. The molecule has 1 saturated heterocycles. The number of esters is 1. The monoisotopic (exact) mass is 446 g/mol. The Balaban J connectivity index is 1.64. The van der Waals surface area contributed by atoms with Crippen LogP contribution in [0.15, 0.2) is 60.7 Å². The van der Waals surface area contributed by atoms with E-state index in [0.29, 0.717) is 12.5 Å². The molecule has 3 fully saturated rings. The number of hydrogen-bond donors (Lipinski definition) is 1. The first-order chi connectivity index (χ1) is 16.1. The van der Waals surface area contributed by atoms with Gasteiger partial charge < -0.3 is 15.0 Å². The van der Waals surface area contributed by atoms with Crippen LogP contribution in [0, 0.1) is 17.8 Å². The zero-order valence-corrected chi connectivity index (χ0v) is 18.9. The van der Waals surface area contributed by atoms with Gasteiger partial charge in [-0.05, 0) is 42.7 Å². The van der Waals surface area contributed by atoms with Crippen molar-refractivity contribution in [1.82, 2.24) is 10.2 Å². The summed E-state index contributed by atoms with van der Waals surface area (Å²) in [6.07, 6.45) is 3.89. The maximum Gasteiger partial charge on any atom is 0.311 e. The van der Waals surface area contributed by atoms with Crippen LogP contribution in [0.25, 0.3) is 0 Å². The number of nitrogens with one attached hydrogen (secondary N) is 1. The van der Waals surface area contributed by atoms with Gasteiger partial charge in [-0.15, -0.1) is 0 Å². The average molecular weight is 447 g/mol. The second kappa shape index (κ2) is 9.00. The lowest BCUT2D eigenvalue weighted by atomic mass is 9.80. The standard InChI is InChI=1S/C27H30N2O4/c1-33-27(32)22-21(18-8-4-2-5-9-18)24(25(30)28-16-17-12-13-17)29(26(31)20-14-15-20)23(22)19-10-6-3-7-11-19/h2-11,17,20-24H,12-16H2,1H3,(H,28,30). The number of nitrogens with zero attached hydrogens (tertiary/aromatic N) is 1. The van der Waals surface area contributed by atoms with Crippen LogP contribution in [0.5, 0.6) is 0 Å². The van der Waals surface area contributed by atoms with Gasteiger partial charge in [-0.25, -0.2) is 0 Å². The summed E-state index contributed by atoms with van der Waals surface area (Å²) in [6.45, 7) is 0.612. The van der Waals surface area contributed by atoms with Gasteiger partial charge >= 0.3 is 5.97 Å². The van der Waals surface area contributed by atoms with E-state index in [9.17, 15) is 14.4 Å². The molecule has 33 heavy (non-hydrogen) atoms. The minimum Gasteiger partial charge on any atom is -0.469 e. The summed E-state index contributed by atoms with van der Waals surface area (Å²) >= 11 is 0. The first-order valence-electron chi connectivity index (χ1n) is 11.9. The first kappa shape index (κ1) is 21.7. The largest absolute Gasteiger partial charge is 0.469 e. The van der Waals surface area contributed by atoms with Gasteiger partial charge in [0.15, 0.2) is 0 Å². The zero-order chi connectivity index (χ0) is 22.9. The van der Waals surface area contributed by atoms with Crippen LogP contribution < -0.4 is 5.32 Å². The summed E-state index contributed by atoms with van der Waals surface area (Å²) in [6, 6.07) is 17.9. The van der Waals surface area contributed by atoms with Crippen molar-refractivity contribution < 1.29 is 19.1 Å². The zero-order valence-electron chi connectivity index (χ0n) is 18.9. The topological polar surface area (TPSA) is 75.7 Å². The summed E-state index contributed by atoms with van der Waals surface area (Å²) in [4.78, 5) is 42.4. The highest BCUT2D eigenvalue weighted by atomic mass is 16.5.